The van der Waals surface area contributed by atoms with Gasteiger partial charge in [-0.2, -0.15) is 0 Å². The lowest BCUT2D eigenvalue weighted by Gasteiger charge is -2.17. The molecule has 0 aromatic heterocycles. The van der Waals surface area contributed by atoms with Crippen molar-refractivity contribution in [2.24, 2.45) is 4.99 Å². The largest absolute Gasteiger partial charge is 0.453 e. The first-order valence-corrected chi connectivity index (χ1v) is 9.88. The number of carbonyl (C=O) groups is 1. The Balaban J connectivity index is 2.47. The molecule has 1 amide bonds. The number of anilines is 1. The van der Waals surface area contributed by atoms with Crippen LogP contribution in [0.3, 0.4) is 0 Å². The summed E-state index contributed by atoms with van der Waals surface area (Å²) in [5, 5.41) is 8.90. The third kappa shape index (κ3) is 8.94. The number of aliphatic imine (C=N–C) groups is 1. The Kier molecular flexibility index (Phi) is 8.20. The minimum absolute atomic E-state index is 0.0208. The van der Waals surface area contributed by atoms with Crippen molar-refractivity contribution in [3.63, 3.8) is 0 Å². The fourth-order valence-electron chi connectivity index (χ4n) is 1.95. The van der Waals surface area contributed by atoms with Crippen LogP contribution in [-0.4, -0.2) is 52.7 Å². The van der Waals surface area contributed by atoms with Gasteiger partial charge in [-0.3, -0.25) is 10.3 Å². The molecule has 1 atom stereocenters. The quantitative estimate of drug-likeness (QED) is 0.494. The molecule has 0 fully saturated rings. The van der Waals surface area contributed by atoms with E-state index in [1.165, 1.54) is 13.4 Å². The maximum atomic E-state index is 11.2. The normalized spacial score (nSPS) is 13.0. The zero-order valence-electron chi connectivity index (χ0n) is 15.0. The smallest absolute Gasteiger partial charge is 0.411 e. The van der Waals surface area contributed by atoms with Crippen molar-refractivity contribution in [3.05, 3.63) is 29.8 Å². The van der Waals surface area contributed by atoms with Crippen molar-refractivity contribution in [3.8, 4) is 0 Å². The van der Waals surface area contributed by atoms with E-state index in [9.17, 15) is 13.2 Å². The number of amides is 1. The van der Waals surface area contributed by atoms with Gasteiger partial charge in [0.05, 0.1) is 12.9 Å². The first kappa shape index (κ1) is 20.8. The molecule has 0 spiro atoms. The van der Waals surface area contributed by atoms with Crippen LogP contribution in [0.5, 0.6) is 0 Å². The summed E-state index contributed by atoms with van der Waals surface area (Å²) in [7, 11) is -0.00744. The highest BCUT2D eigenvalue weighted by molar-refractivity contribution is 7.90. The van der Waals surface area contributed by atoms with Crippen LogP contribution in [0.15, 0.2) is 29.3 Å². The molecule has 0 bridgehead atoms. The molecule has 0 aliphatic rings. The van der Waals surface area contributed by atoms with Crippen LogP contribution in [0.4, 0.5) is 10.5 Å². The standard InChI is InChI=1S/C16H26N4O4S/c1-12(9-10-25(4,22)23)19-15(17-2)18-11-13-5-7-14(8-6-13)20-16(21)24-3/h5-8,12H,9-11H2,1-4H3,(H,20,21)(H2,17,18,19). The molecule has 9 heteroatoms. The van der Waals surface area contributed by atoms with E-state index in [0.29, 0.717) is 24.6 Å². The number of guanidine groups is 1. The first-order chi connectivity index (χ1) is 11.7. The van der Waals surface area contributed by atoms with Gasteiger partial charge in [0.15, 0.2) is 5.96 Å². The Morgan fingerprint density at radius 3 is 2.44 bits per heavy atom. The predicted molar refractivity (Wildman–Crippen MR) is 99.6 cm³/mol. The maximum Gasteiger partial charge on any atom is 0.411 e. The second-order valence-corrected chi connectivity index (χ2v) is 7.96. The number of carbonyl (C=O) groups excluding carboxylic acids is 1. The Hall–Kier alpha value is -2.29. The van der Waals surface area contributed by atoms with Crippen molar-refractivity contribution < 1.29 is 17.9 Å². The molecule has 0 heterocycles. The zero-order valence-corrected chi connectivity index (χ0v) is 15.8. The van der Waals surface area contributed by atoms with Crippen LogP contribution in [-0.2, 0) is 21.1 Å². The Bertz CT molecular complexity index is 687. The van der Waals surface area contributed by atoms with E-state index >= 15 is 0 Å². The molecule has 0 saturated carbocycles. The second kappa shape index (κ2) is 9.87. The Morgan fingerprint density at radius 2 is 1.92 bits per heavy atom. The molecular formula is C16H26N4O4S. The predicted octanol–water partition coefficient (Wildman–Crippen LogP) is 1.35. The summed E-state index contributed by atoms with van der Waals surface area (Å²) in [5.74, 6) is 0.727. The van der Waals surface area contributed by atoms with Gasteiger partial charge in [0.1, 0.15) is 9.84 Å². The molecule has 8 nitrogen and oxygen atoms in total. The number of hydrogen-bond donors (Lipinski definition) is 3. The van der Waals surface area contributed by atoms with Crippen LogP contribution in [0, 0.1) is 0 Å². The summed E-state index contributed by atoms with van der Waals surface area (Å²) in [4.78, 5) is 15.3. The minimum Gasteiger partial charge on any atom is -0.453 e. The van der Waals surface area contributed by atoms with Gasteiger partial charge in [0.2, 0.25) is 0 Å². The topological polar surface area (TPSA) is 109 Å². The van der Waals surface area contributed by atoms with E-state index in [1.54, 1.807) is 19.2 Å². The van der Waals surface area contributed by atoms with Gasteiger partial charge in [-0.1, -0.05) is 12.1 Å². The SMILES string of the molecule is CN=C(NCc1ccc(NC(=O)OC)cc1)NC(C)CCS(C)(=O)=O. The molecule has 1 aromatic carbocycles. The fourth-order valence-corrected chi connectivity index (χ4v) is 2.73. The lowest BCUT2D eigenvalue weighted by atomic mass is 10.2. The third-order valence-corrected chi connectivity index (χ3v) is 4.35. The first-order valence-electron chi connectivity index (χ1n) is 7.82. The number of ether oxygens (including phenoxy) is 1. The van der Waals surface area contributed by atoms with E-state index in [-0.39, 0.29) is 11.8 Å². The highest BCUT2D eigenvalue weighted by atomic mass is 32.2. The van der Waals surface area contributed by atoms with E-state index in [2.05, 4.69) is 25.7 Å². The summed E-state index contributed by atoms with van der Waals surface area (Å²) < 4.78 is 26.9. The van der Waals surface area contributed by atoms with Crippen LogP contribution in [0.1, 0.15) is 18.9 Å². The number of benzene rings is 1. The summed E-state index contributed by atoms with van der Waals surface area (Å²) in [6.07, 6.45) is 1.22. The number of methoxy groups -OCH3 is 1. The van der Waals surface area contributed by atoms with Gasteiger partial charge in [-0.05, 0) is 31.0 Å². The monoisotopic (exact) mass is 370 g/mol. The summed E-state index contributed by atoms with van der Waals surface area (Å²) >= 11 is 0. The average molecular weight is 370 g/mol. The van der Waals surface area contributed by atoms with Crippen LogP contribution < -0.4 is 16.0 Å². The zero-order chi connectivity index (χ0) is 18.9. The van der Waals surface area contributed by atoms with Gasteiger partial charge in [0.25, 0.3) is 0 Å². The van der Waals surface area contributed by atoms with E-state index in [0.717, 1.165) is 5.56 Å². The molecule has 1 unspecified atom stereocenters. The highest BCUT2D eigenvalue weighted by Gasteiger charge is 2.09. The van der Waals surface area contributed by atoms with Crippen molar-refractivity contribution in [2.45, 2.75) is 25.9 Å². The third-order valence-electron chi connectivity index (χ3n) is 3.37. The molecular weight excluding hydrogens is 344 g/mol. The van der Waals surface area contributed by atoms with E-state index in [1.807, 2.05) is 19.1 Å². The molecule has 1 aromatic rings. The van der Waals surface area contributed by atoms with E-state index in [4.69, 9.17) is 0 Å². The second-order valence-electron chi connectivity index (χ2n) is 5.70. The van der Waals surface area contributed by atoms with Gasteiger partial charge in [0, 0.05) is 31.6 Å². The molecule has 1 rings (SSSR count). The maximum absolute atomic E-state index is 11.2. The van der Waals surface area contributed by atoms with Crippen molar-refractivity contribution >= 4 is 27.6 Å². The van der Waals surface area contributed by atoms with E-state index < -0.39 is 15.9 Å². The summed E-state index contributed by atoms with van der Waals surface area (Å²) in [6, 6.07) is 7.28. The highest BCUT2D eigenvalue weighted by Crippen LogP contribution is 2.09. The van der Waals surface area contributed by atoms with Crippen LogP contribution >= 0.6 is 0 Å². The number of hydrogen-bond acceptors (Lipinski definition) is 5. The summed E-state index contributed by atoms with van der Waals surface area (Å²) in [6.45, 7) is 2.45. The lowest BCUT2D eigenvalue weighted by Crippen LogP contribution is -2.42. The minimum atomic E-state index is -2.97. The molecule has 0 saturated heterocycles. The van der Waals surface area contributed by atoms with Crippen LogP contribution in [0.25, 0.3) is 0 Å². The molecule has 0 aliphatic carbocycles. The van der Waals surface area contributed by atoms with Crippen molar-refractivity contribution in [2.75, 3.05) is 31.5 Å². The average Bonchev–Trinajstić information content (AvgIpc) is 2.57. The van der Waals surface area contributed by atoms with Crippen molar-refractivity contribution in [1.29, 1.82) is 0 Å². The van der Waals surface area contributed by atoms with Crippen LogP contribution in [0.2, 0.25) is 0 Å². The fraction of sp³-hybridized carbons (Fsp3) is 0.500. The number of nitrogens with zero attached hydrogens (tertiary/aromatic N) is 1. The molecule has 3 N–H and O–H groups in total. The van der Waals surface area contributed by atoms with Gasteiger partial charge >= 0.3 is 6.09 Å². The molecule has 25 heavy (non-hydrogen) atoms. The van der Waals surface area contributed by atoms with Gasteiger partial charge in [-0.15, -0.1) is 0 Å². The molecule has 0 aliphatic heterocycles. The lowest BCUT2D eigenvalue weighted by molar-refractivity contribution is 0.187. The molecule has 140 valence electrons. The summed E-state index contributed by atoms with van der Waals surface area (Å²) in [5.41, 5.74) is 1.65. The van der Waals surface area contributed by atoms with Gasteiger partial charge in [-0.25, -0.2) is 13.2 Å². The number of nitrogens with one attached hydrogen (secondary N) is 3. The van der Waals surface area contributed by atoms with Gasteiger partial charge < -0.3 is 15.4 Å². The Labute approximate surface area is 149 Å². The molecule has 0 radical (unpaired) electrons. The Morgan fingerprint density at radius 1 is 1.28 bits per heavy atom. The number of sulfone groups is 1. The number of rotatable bonds is 7. The van der Waals surface area contributed by atoms with Crippen molar-refractivity contribution in [1.82, 2.24) is 10.6 Å².